The molecule has 0 aliphatic carbocycles. The van der Waals surface area contributed by atoms with Gasteiger partial charge in [0, 0.05) is 49.8 Å². The minimum Gasteiger partial charge on any atom is -0.361 e. The third-order valence-corrected chi connectivity index (χ3v) is 8.62. The van der Waals surface area contributed by atoms with Crippen molar-refractivity contribution in [3.8, 4) is 0 Å². The molecule has 8 heteroatoms. The van der Waals surface area contributed by atoms with Crippen molar-refractivity contribution >= 4 is 27.0 Å². The number of amides is 2. The summed E-state index contributed by atoms with van der Waals surface area (Å²) < 4.78 is 26.7. The summed E-state index contributed by atoms with van der Waals surface area (Å²) in [6.07, 6.45) is 3.98. The average Bonchev–Trinajstić information content (AvgIpc) is 3.28. The number of aromatic nitrogens is 1. The van der Waals surface area contributed by atoms with Crippen LogP contribution in [0.5, 0.6) is 0 Å². The zero-order valence-electron chi connectivity index (χ0n) is 19.3. The van der Waals surface area contributed by atoms with Crippen LogP contribution in [0.15, 0.2) is 59.6 Å². The van der Waals surface area contributed by atoms with Gasteiger partial charge in [0.2, 0.25) is 10.0 Å². The van der Waals surface area contributed by atoms with Gasteiger partial charge < -0.3 is 15.2 Å². The van der Waals surface area contributed by atoms with Crippen molar-refractivity contribution in [2.24, 2.45) is 0 Å². The Morgan fingerprint density at radius 2 is 1.73 bits per heavy atom. The van der Waals surface area contributed by atoms with E-state index in [0.29, 0.717) is 25.6 Å². The number of nitrogens with one attached hydrogen (secondary N) is 2. The predicted octanol–water partition coefficient (Wildman–Crippen LogP) is 4.29. The minimum absolute atomic E-state index is 0.0767. The Morgan fingerprint density at radius 1 is 1.06 bits per heavy atom. The lowest BCUT2D eigenvalue weighted by atomic mass is 9.89. The van der Waals surface area contributed by atoms with Crippen LogP contribution in [-0.4, -0.2) is 54.8 Å². The largest absolute Gasteiger partial charge is 0.361 e. The maximum absolute atomic E-state index is 12.7. The second-order valence-corrected chi connectivity index (χ2v) is 10.4. The Balaban J connectivity index is 1.30. The van der Waals surface area contributed by atoms with E-state index in [4.69, 9.17) is 0 Å². The summed E-state index contributed by atoms with van der Waals surface area (Å²) in [6.45, 7) is 6.34. The van der Waals surface area contributed by atoms with Crippen LogP contribution in [0.4, 0.5) is 4.79 Å². The van der Waals surface area contributed by atoms with E-state index < -0.39 is 10.0 Å². The van der Waals surface area contributed by atoms with Gasteiger partial charge in [0.25, 0.3) is 0 Å². The van der Waals surface area contributed by atoms with E-state index in [9.17, 15) is 13.2 Å². The summed E-state index contributed by atoms with van der Waals surface area (Å²) in [5.74, 6) is 0.450. The predicted molar refractivity (Wildman–Crippen MR) is 131 cm³/mol. The molecule has 0 spiro atoms. The smallest absolute Gasteiger partial charge is 0.317 e. The fourth-order valence-electron chi connectivity index (χ4n) is 4.61. The summed E-state index contributed by atoms with van der Waals surface area (Å²) in [5, 5.41) is 4.24. The number of para-hydroxylation sites is 1. The van der Waals surface area contributed by atoms with E-state index in [1.807, 2.05) is 24.8 Å². The van der Waals surface area contributed by atoms with E-state index in [-0.39, 0.29) is 10.9 Å². The van der Waals surface area contributed by atoms with Crippen molar-refractivity contribution in [3.05, 3.63) is 65.9 Å². The van der Waals surface area contributed by atoms with Crippen LogP contribution in [0.1, 0.15) is 43.7 Å². The first-order chi connectivity index (χ1) is 15.9. The number of fused-ring (bicyclic) bond motifs is 1. The molecule has 1 saturated heterocycles. The first kappa shape index (κ1) is 23.3. The highest BCUT2D eigenvalue weighted by Gasteiger charge is 2.25. The molecule has 176 valence electrons. The summed E-state index contributed by atoms with van der Waals surface area (Å²) >= 11 is 0. The van der Waals surface area contributed by atoms with Crippen molar-refractivity contribution in [2.45, 2.75) is 44.0 Å². The molecule has 2 N–H and O–H groups in total. The first-order valence-corrected chi connectivity index (χ1v) is 13.1. The molecule has 7 nitrogen and oxygen atoms in total. The van der Waals surface area contributed by atoms with Gasteiger partial charge in [-0.3, -0.25) is 0 Å². The molecule has 1 aromatic heterocycles. The van der Waals surface area contributed by atoms with Crippen molar-refractivity contribution in [1.29, 1.82) is 0 Å². The van der Waals surface area contributed by atoms with Gasteiger partial charge in [0.05, 0.1) is 4.90 Å². The molecule has 3 aromatic rings. The molecular weight excluding hydrogens is 436 g/mol. The molecule has 0 atom stereocenters. The van der Waals surface area contributed by atoms with Gasteiger partial charge in [0.1, 0.15) is 0 Å². The SMILES string of the molecule is CCN(CC)S(=O)(=O)c1ccc(CNC(=O)N2CCC(c3c[nH]c4ccccc34)CC2)cc1. The lowest BCUT2D eigenvalue weighted by Gasteiger charge is -2.32. The topological polar surface area (TPSA) is 85.5 Å². The van der Waals surface area contributed by atoms with Crippen molar-refractivity contribution in [3.63, 3.8) is 0 Å². The van der Waals surface area contributed by atoms with Crippen LogP contribution < -0.4 is 5.32 Å². The van der Waals surface area contributed by atoms with Crippen molar-refractivity contribution < 1.29 is 13.2 Å². The van der Waals surface area contributed by atoms with Crippen LogP contribution in [0.2, 0.25) is 0 Å². The lowest BCUT2D eigenvalue weighted by Crippen LogP contribution is -2.43. The van der Waals surface area contributed by atoms with Gasteiger partial charge in [-0.1, -0.05) is 44.2 Å². The Morgan fingerprint density at radius 3 is 2.39 bits per heavy atom. The molecule has 2 amide bonds. The normalized spacial score (nSPS) is 15.3. The van der Waals surface area contributed by atoms with Crippen LogP contribution in [0.3, 0.4) is 0 Å². The highest BCUT2D eigenvalue weighted by Crippen LogP contribution is 2.33. The van der Waals surface area contributed by atoms with Gasteiger partial charge in [0.15, 0.2) is 0 Å². The van der Waals surface area contributed by atoms with E-state index >= 15 is 0 Å². The van der Waals surface area contributed by atoms with Crippen molar-refractivity contribution in [2.75, 3.05) is 26.2 Å². The lowest BCUT2D eigenvalue weighted by molar-refractivity contribution is 0.181. The number of sulfonamides is 1. The Kier molecular flexibility index (Phi) is 7.05. The number of urea groups is 1. The summed E-state index contributed by atoms with van der Waals surface area (Å²) in [6, 6.07) is 15.0. The molecule has 2 aromatic carbocycles. The highest BCUT2D eigenvalue weighted by molar-refractivity contribution is 7.89. The highest BCUT2D eigenvalue weighted by atomic mass is 32.2. The van der Waals surface area contributed by atoms with Gasteiger partial charge in [-0.15, -0.1) is 0 Å². The zero-order valence-corrected chi connectivity index (χ0v) is 20.1. The minimum atomic E-state index is -3.47. The molecule has 2 heterocycles. The van der Waals surface area contributed by atoms with Crippen molar-refractivity contribution in [1.82, 2.24) is 19.5 Å². The van der Waals surface area contributed by atoms with Crippen LogP contribution in [-0.2, 0) is 16.6 Å². The summed E-state index contributed by atoms with van der Waals surface area (Å²) in [7, 11) is -3.47. The second kappa shape index (κ2) is 9.97. The number of aromatic amines is 1. The number of carbonyl (C=O) groups is 1. The van der Waals surface area contributed by atoms with Gasteiger partial charge in [-0.05, 0) is 48.1 Å². The summed E-state index contributed by atoms with van der Waals surface area (Å²) in [4.78, 5) is 18.2. The number of hydrogen-bond donors (Lipinski definition) is 2. The van der Waals surface area contributed by atoms with E-state index in [2.05, 4.69) is 34.7 Å². The maximum Gasteiger partial charge on any atom is 0.317 e. The number of carbonyl (C=O) groups excluding carboxylic acids is 1. The average molecular weight is 469 g/mol. The molecule has 0 bridgehead atoms. The molecule has 0 saturated carbocycles. The van der Waals surface area contributed by atoms with Gasteiger partial charge in [-0.25, -0.2) is 13.2 Å². The van der Waals surface area contributed by atoms with Gasteiger partial charge >= 0.3 is 6.03 Å². The molecule has 1 aliphatic heterocycles. The van der Waals surface area contributed by atoms with Crippen LogP contribution >= 0.6 is 0 Å². The summed E-state index contributed by atoms with van der Waals surface area (Å²) in [5.41, 5.74) is 3.37. The Hall–Kier alpha value is -2.84. The quantitative estimate of drug-likeness (QED) is 0.542. The number of hydrogen-bond acceptors (Lipinski definition) is 3. The molecule has 0 unspecified atom stereocenters. The van der Waals surface area contributed by atoms with E-state index in [1.165, 1.54) is 15.3 Å². The third-order valence-electron chi connectivity index (χ3n) is 6.55. The molecule has 1 fully saturated rings. The number of nitrogens with zero attached hydrogens (tertiary/aromatic N) is 2. The standard InChI is InChI=1S/C25H32N4O3S/c1-3-29(4-2)33(31,32)21-11-9-19(10-12-21)17-27-25(30)28-15-13-20(14-16-28)23-18-26-24-8-6-5-7-22(23)24/h5-12,18,20,26H,3-4,13-17H2,1-2H3,(H,27,30). The number of benzene rings is 2. The number of H-pyrrole nitrogens is 1. The number of rotatable bonds is 7. The third kappa shape index (κ3) is 4.91. The monoisotopic (exact) mass is 468 g/mol. The Bertz CT molecular complexity index is 1190. The van der Waals surface area contributed by atoms with Crippen LogP contribution in [0, 0.1) is 0 Å². The first-order valence-electron chi connectivity index (χ1n) is 11.6. The fourth-order valence-corrected chi connectivity index (χ4v) is 6.06. The molecule has 33 heavy (non-hydrogen) atoms. The molecule has 4 rings (SSSR count). The Labute approximate surface area is 195 Å². The van der Waals surface area contributed by atoms with E-state index in [0.717, 1.165) is 37.0 Å². The zero-order chi connectivity index (χ0) is 23.4. The van der Waals surface area contributed by atoms with Crippen LogP contribution in [0.25, 0.3) is 10.9 Å². The van der Waals surface area contributed by atoms with E-state index in [1.54, 1.807) is 24.3 Å². The molecular formula is C25H32N4O3S. The van der Waals surface area contributed by atoms with Gasteiger partial charge in [-0.2, -0.15) is 4.31 Å². The number of likely N-dealkylation sites (tertiary alicyclic amines) is 1. The molecule has 0 radical (unpaired) electrons. The fraction of sp³-hybridized carbons (Fsp3) is 0.400. The second-order valence-electron chi connectivity index (χ2n) is 8.44. The molecule has 1 aliphatic rings. The number of piperidine rings is 1. The maximum atomic E-state index is 12.7.